The van der Waals surface area contributed by atoms with Gasteiger partial charge in [0.1, 0.15) is 12.4 Å². The molecule has 1 saturated carbocycles. The van der Waals surface area contributed by atoms with Gasteiger partial charge in [0.05, 0.1) is 6.57 Å². The Labute approximate surface area is 269 Å². The molecule has 0 unspecified atom stereocenters. The maximum Gasteiger partial charge on any atom is 0.292 e. The fraction of sp³-hybridized carbons (Fsp3) is 0.282. The molecule has 5 rings (SSSR count). The lowest BCUT2D eigenvalue weighted by atomic mass is 9.74. The summed E-state index contributed by atoms with van der Waals surface area (Å²) in [4.78, 5) is 9.43. The Morgan fingerprint density at radius 1 is 0.822 bits per heavy atom. The Bertz CT molecular complexity index is 1590. The zero-order valence-electron chi connectivity index (χ0n) is 26.4. The molecule has 0 bridgehead atoms. The van der Waals surface area contributed by atoms with Gasteiger partial charge in [-0.05, 0) is 57.1 Å². The molecule has 0 amide bonds. The molecule has 0 heterocycles. The van der Waals surface area contributed by atoms with Crippen LogP contribution in [0.15, 0.2) is 127 Å². The number of benzene rings is 4. The lowest BCUT2D eigenvalue weighted by Gasteiger charge is -2.45. The third-order valence-electron chi connectivity index (χ3n) is 8.66. The van der Waals surface area contributed by atoms with E-state index >= 15 is 0 Å². The highest BCUT2D eigenvalue weighted by Crippen LogP contribution is 2.42. The summed E-state index contributed by atoms with van der Waals surface area (Å²) in [6.07, 6.45) is 3.68. The normalized spacial score (nSPS) is 16.6. The Morgan fingerprint density at radius 3 is 1.89 bits per heavy atom. The second kappa shape index (κ2) is 14.4. The van der Waals surface area contributed by atoms with E-state index in [-0.39, 0.29) is 17.6 Å². The number of allylic oxidation sites excluding steroid dienone is 1. The first-order chi connectivity index (χ1) is 21.8. The number of hydrogen-bond acceptors (Lipinski definition) is 3. The van der Waals surface area contributed by atoms with E-state index in [0.29, 0.717) is 24.8 Å². The van der Waals surface area contributed by atoms with Crippen molar-refractivity contribution in [2.75, 3.05) is 18.2 Å². The van der Waals surface area contributed by atoms with E-state index in [2.05, 4.69) is 91.1 Å². The molecule has 1 aliphatic carbocycles. The lowest BCUT2D eigenvalue weighted by Crippen LogP contribution is -2.67. The van der Waals surface area contributed by atoms with Gasteiger partial charge in [-0.25, -0.2) is 11.4 Å². The van der Waals surface area contributed by atoms with E-state index in [0.717, 1.165) is 29.8 Å². The zero-order valence-corrected chi connectivity index (χ0v) is 27.4. The molecule has 0 aliphatic heterocycles. The minimum Gasteiger partial charge on any atom is -0.489 e. The standard InChI is InChI=1S/C39H41N3O2Si/c1-39(2,3)45(36-17-11-7-12-18-36,37-19-13-8-14-20-37)44-29-32-25-33(26-32)38(41-5)27-42(30-40-4)34-21-23-35(24-22-34)43-28-31-15-9-6-10-16-31/h6-24,27,32-33H,25-26,28-30H2,1-3H3/b38-27-. The smallest absolute Gasteiger partial charge is 0.292 e. The Hall–Kier alpha value is -4.62. The molecule has 0 radical (unpaired) electrons. The van der Waals surface area contributed by atoms with Crippen molar-refractivity contribution in [2.45, 2.75) is 45.3 Å². The van der Waals surface area contributed by atoms with Crippen LogP contribution in [-0.2, 0) is 11.0 Å². The maximum atomic E-state index is 7.97. The van der Waals surface area contributed by atoms with Crippen molar-refractivity contribution < 1.29 is 9.16 Å². The summed E-state index contributed by atoms with van der Waals surface area (Å²) >= 11 is 0. The number of ether oxygens (including phenoxy) is 1. The molecule has 1 aliphatic rings. The lowest BCUT2D eigenvalue weighted by molar-refractivity contribution is 0.134. The average Bonchev–Trinajstić information content (AvgIpc) is 3.05. The Balaban J connectivity index is 1.26. The number of rotatable bonds is 12. The van der Waals surface area contributed by atoms with E-state index in [1.54, 1.807) is 0 Å². The Kier molecular flexibility index (Phi) is 10.2. The summed E-state index contributed by atoms with van der Waals surface area (Å²) in [5, 5.41) is 2.50. The molecular weight excluding hydrogens is 571 g/mol. The second-order valence-electron chi connectivity index (χ2n) is 12.7. The van der Waals surface area contributed by atoms with Gasteiger partial charge >= 0.3 is 0 Å². The first-order valence-corrected chi connectivity index (χ1v) is 17.5. The molecule has 4 aromatic carbocycles. The van der Waals surface area contributed by atoms with Crippen LogP contribution in [0.3, 0.4) is 0 Å². The van der Waals surface area contributed by atoms with Gasteiger partial charge in [-0.1, -0.05) is 125 Å². The predicted molar refractivity (Wildman–Crippen MR) is 186 cm³/mol. The van der Waals surface area contributed by atoms with Crippen molar-refractivity contribution in [3.05, 3.63) is 156 Å². The molecular formula is C39H41N3O2Si. The van der Waals surface area contributed by atoms with Crippen LogP contribution < -0.4 is 20.0 Å². The van der Waals surface area contributed by atoms with E-state index < -0.39 is 8.32 Å². The van der Waals surface area contributed by atoms with E-state index in [1.165, 1.54) is 10.4 Å². The molecule has 0 aromatic heterocycles. The molecule has 6 heteroatoms. The third kappa shape index (κ3) is 7.37. The minimum atomic E-state index is -2.59. The molecule has 1 fully saturated rings. The van der Waals surface area contributed by atoms with Gasteiger partial charge in [-0.2, -0.15) is 0 Å². The van der Waals surface area contributed by atoms with Crippen molar-refractivity contribution in [2.24, 2.45) is 11.8 Å². The summed E-state index contributed by atoms with van der Waals surface area (Å²) in [7, 11) is -2.59. The van der Waals surface area contributed by atoms with Crippen LogP contribution in [0, 0.1) is 25.0 Å². The van der Waals surface area contributed by atoms with Crippen LogP contribution in [-0.4, -0.2) is 21.6 Å². The van der Waals surface area contributed by atoms with E-state index in [1.807, 2.05) is 65.7 Å². The highest BCUT2D eigenvalue weighted by atomic mass is 28.4. The number of nitrogens with zero attached hydrogens (tertiary/aromatic N) is 3. The van der Waals surface area contributed by atoms with Gasteiger partial charge in [0.2, 0.25) is 0 Å². The van der Waals surface area contributed by atoms with Crippen LogP contribution in [0.4, 0.5) is 5.69 Å². The van der Waals surface area contributed by atoms with E-state index in [4.69, 9.17) is 22.3 Å². The van der Waals surface area contributed by atoms with Crippen molar-refractivity contribution in [1.82, 2.24) is 0 Å². The number of hydrogen-bond donors (Lipinski definition) is 0. The first kappa shape index (κ1) is 31.8. The predicted octanol–water partition coefficient (Wildman–Crippen LogP) is 8.31. The van der Waals surface area contributed by atoms with Crippen molar-refractivity contribution in [3.8, 4) is 5.75 Å². The van der Waals surface area contributed by atoms with Crippen LogP contribution in [0.5, 0.6) is 5.75 Å². The van der Waals surface area contributed by atoms with Crippen molar-refractivity contribution >= 4 is 24.4 Å². The maximum absolute atomic E-state index is 7.97. The van der Waals surface area contributed by atoms with E-state index in [9.17, 15) is 0 Å². The van der Waals surface area contributed by atoms with Crippen LogP contribution in [0.1, 0.15) is 39.2 Å². The molecule has 0 N–H and O–H groups in total. The van der Waals surface area contributed by atoms with Crippen molar-refractivity contribution in [1.29, 1.82) is 0 Å². The number of anilines is 1. The average molecular weight is 612 g/mol. The first-order valence-electron chi connectivity index (χ1n) is 15.5. The van der Waals surface area contributed by atoms with Gasteiger partial charge in [-0.15, -0.1) is 0 Å². The monoisotopic (exact) mass is 611 g/mol. The summed E-state index contributed by atoms with van der Waals surface area (Å²) in [6.45, 7) is 23.7. The topological polar surface area (TPSA) is 30.4 Å². The van der Waals surface area contributed by atoms with Gasteiger partial charge in [-0.3, -0.25) is 9.74 Å². The van der Waals surface area contributed by atoms with Gasteiger partial charge < -0.3 is 9.16 Å². The molecule has 4 aromatic rings. The van der Waals surface area contributed by atoms with Crippen LogP contribution in [0.2, 0.25) is 5.04 Å². The molecule has 0 spiro atoms. The van der Waals surface area contributed by atoms with Gasteiger partial charge in [0, 0.05) is 18.5 Å². The summed E-state index contributed by atoms with van der Waals surface area (Å²) in [5.74, 6) is 1.32. The largest absolute Gasteiger partial charge is 0.489 e. The summed E-state index contributed by atoms with van der Waals surface area (Å²) in [6, 6.07) is 39.3. The summed E-state index contributed by atoms with van der Waals surface area (Å²) < 4.78 is 13.1. The van der Waals surface area contributed by atoms with Crippen LogP contribution >= 0.6 is 0 Å². The molecule has 5 nitrogen and oxygen atoms in total. The molecule has 45 heavy (non-hydrogen) atoms. The molecule has 0 saturated heterocycles. The van der Waals surface area contributed by atoms with Gasteiger partial charge in [0.15, 0.2) is 5.70 Å². The molecule has 228 valence electrons. The third-order valence-corrected chi connectivity index (χ3v) is 13.7. The minimum absolute atomic E-state index is 0.0666. The fourth-order valence-electron chi connectivity index (χ4n) is 6.25. The van der Waals surface area contributed by atoms with Gasteiger partial charge in [0.25, 0.3) is 15.0 Å². The zero-order chi connectivity index (χ0) is 31.7. The highest BCUT2D eigenvalue weighted by Gasteiger charge is 2.50. The SMILES string of the molecule is [C-]#[N+]CN(/C=C(\[N+]#[C-])C1CC(CO[Si](c2ccccc2)(c2ccccc2)C(C)(C)C)C1)c1ccc(OCc2ccccc2)cc1. The molecule has 0 atom stereocenters. The highest BCUT2D eigenvalue weighted by molar-refractivity contribution is 6.99. The quantitative estimate of drug-likeness (QED) is 0.119. The second-order valence-corrected chi connectivity index (χ2v) is 17.0. The fourth-order valence-corrected chi connectivity index (χ4v) is 10.9. The Morgan fingerprint density at radius 2 is 1.38 bits per heavy atom. The van der Waals surface area contributed by atoms with Crippen LogP contribution in [0.25, 0.3) is 9.69 Å². The van der Waals surface area contributed by atoms with Crippen molar-refractivity contribution in [3.63, 3.8) is 0 Å². The summed E-state index contributed by atoms with van der Waals surface area (Å²) in [5.41, 5.74) is 2.67.